The van der Waals surface area contributed by atoms with E-state index in [1.807, 2.05) is 0 Å². The lowest BCUT2D eigenvalue weighted by Crippen LogP contribution is -2.30. The van der Waals surface area contributed by atoms with Gasteiger partial charge in [-0.2, -0.15) is 0 Å². The van der Waals surface area contributed by atoms with E-state index < -0.39 is 97.5 Å². The van der Waals surface area contributed by atoms with Gasteiger partial charge in [-0.3, -0.25) is 37.3 Å². The fourth-order valence-corrected chi connectivity index (χ4v) is 13.9. The third-order valence-corrected chi connectivity index (χ3v) is 21.0. The number of hydrogen-bond acceptors (Lipinski definition) is 15. The van der Waals surface area contributed by atoms with Crippen LogP contribution in [0.1, 0.15) is 420 Å². The van der Waals surface area contributed by atoms with E-state index >= 15 is 0 Å². The van der Waals surface area contributed by atoms with E-state index in [-0.39, 0.29) is 25.7 Å². The van der Waals surface area contributed by atoms with Crippen LogP contribution in [-0.4, -0.2) is 96.7 Å². The molecule has 0 aromatic heterocycles. The van der Waals surface area contributed by atoms with E-state index in [9.17, 15) is 43.2 Å². The molecule has 0 amide bonds. The molecule has 0 fully saturated rings. The predicted octanol–water partition coefficient (Wildman–Crippen LogP) is 23.9. The number of hydrogen-bond donors (Lipinski definition) is 3. The van der Waals surface area contributed by atoms with Gasteiger partial charge in [-0.1, -0.05) is 369 Å². The van der Waals surface area contributed by atoms with Crippen molar-refractivity contribution >= 4 is 39.5 Å². The van der Waals surface area contributed by atoms with Gasteiger partial charge in [0.2, 0.25) is 0 Å². The van der Waals surface area contributed by atoms with Gasteiger partial charge in [0.15, 0.2) is 12.2 Å². The van der Waals surface area contributed by atoms with Crippen molar-refractivity contribution in [1.82, 2.24) is 0 Å². The summed E-state index contributed by atoms with van der Waals surface area (Å²) >= 11 is 0. The highest BCUT2D eigenvalue weighted by atomic mass is 31.2. The van der Waals surface area contributed by atoms with E-state index in [1.54, 1.807) is 0 Å². The van der Waals surface area contributed by atoms with Crippen LogP contribution >= 0.6 is 15.6 Å². The summed E-state index contributed by atoms with van der Waals surface area (Å²) < 4.78 is 68.7. The van der Waals surface area contributed by atoms with E-state index in [0.29, 0.717) is 31.6 Å². The molecule has 0 spiro atoms. The Labute approximate surface area is 607 Å². The highest BCUT2D eigenvalue weighted by molar-refractivity contribution is 7.47. The molecule has 0 aliphatic heterocycles. The summed E-state index contributed by atoms with van der Waals surface area (Å²) in [6, 6.07) is 0. The minimum absolute atomic E-state index is 0.107. The maximum absolute atomic E-state index is 13.1. The number of ether oxygens (including phenoxy) is 4. The normalized spacial score (nSPS) is 14.2. The zero-order chi connectivity index (χ0) is 72.8. The van der Waals surface area contributed by atoms with Crippen LogP contribution < -0.4 is 0 Å². The van der Waals surface area contributed by atoms with Crippen molar-refractivity contribution in [3.8, 4) is 0 Å². The average Bonchev–Trinajstić information content (AvgIpc) is 1.56. The molecule has 0 bridgehead atoms. The Bertz CT molecular complexity index is 1910. The quantitative estimate of drug-likeness (QED) is 0.0222. The van der Waals surface area contributed by atoms with E-state index in [1.165, 1.54) is 231 Å². The van der Waals surface area contributed by atoms with E-state index in [0.717, 1.165) is 102 Å². The van der Waals surface area contributed by atoms with Gasteiger partial charge in [-0.25, -0.2) is 9.13 Å². The molecule has 3 unspecified atom stereocenters. The number of aliphatic hydroxyl groups is 1. The van der Waals surface area contributed by atoms with Crippen LogP contribution in [0.3, 0.4) is 0 Å². The largest absolute Gasteiger partial charge is 0.472 e. The molecule has 19 heteroatoms. The van der Waals surface area contributed by atoms with Crippen molar-refractivity contribution in [1.29, 1.82) is 0 Å². The maximum Gasteiger partial charge on any atom is 0.472 e. The van der Waals surface area contributed by atoms with Gasteiger partial charge in [0.25, 0.3) is 0 Å². The van der Waals surface area contributed by atoms with Gasteiger partial charge in [-0.05, 0) is 37.5 Å². The first-order valence-electron chi connectivity index (χ1n) is 41.5. The Morgan fingerprint density at radius 3 is 0.768 bits per heavy atom. The third kappa shape index (κ3) is 72.8. The molecule has 0 saturated carbocycles. The summed E-state index contributed by atoms with van der Waals surface area (Å²) in [7, 11) is -9.92. The molecular formula is C80H156O17P2. The molecule has 0 aliphatic rings. The number of rotatable bonds is 79. The number of carbonyl (C=O) groups excluding carboxylic acids is 4. The van der Waals surface area contributed by atoms with Gasteiger partial charge < -0.3 is 33.8 Å². The van der Waals surface area contributed by atoms with Crippen molar-refractivity contribution in [3.63, 3.8) is 0 Å². The molecule has 0 rings (SSSR count). The Morgan fingerprint density at radius 2 is 0.515 bits per heavy atom. The molecule has 17 nitrogen and oxygen atoms in total. The second-order valence-electron chi connectivity index (χ2n) is 29.5. The van der Waals surface area contributed by atoms with Crippen molar-refractivity contribution in [3.05, 3.63) is 0 Å². The van der Waals surface area contributed by atoms with Gasteiger partial charge in [0.1, 0.15) is 19.3 Å². The molecule has 0 saturated heterocycles. The van der Waals surface area contributed by atoms with Gasteiger partial charge >= 0.3 is 39.5 Å². The molecule has 99 heavy (non-hydrogen) atoms. The molecule has 3 N–H and O–H groups in total. The second kappa shape index (κ2) is 71.7. The van der Waals surface area contributed by atoms with Crippen LogP contribution in [0, 0.1) is 11.8 Å². The highest BCUT2D eigenvalue weighted by Crippen LogP contribution is 2.45. The monoisotopic (exact) mass is 1450 g/mol. The summed E-state index contributed by atoms with van der Waals surface area (Å²) in [6.45, 7) is 9.61. The van der Waals surface area contributed by atoms with Crippen LogP contribution in [-0.2, 0) is 65.4 Å². The average molecular weight is 1450 g/mol. The first kappa shape index (κ1) is 97.1. The number of phosphoric acid groups is 2. The topological polar surface area (TPSA) is 237 Å². The number of aliphatic hydroxyl groups excluding tert-OH is 1. The molecule has 6 atom stereocenters. The van der Waals surface area contributed by atoms with Crippen LogP contribution in [0.2, 0.25) is 0 Å². The summed E-state index contributed by atoms with van der Waals surface area (Å²) in [6.07, 6.45) is 61.1. The Morgan fingerprint density at radius 1 is 0.293 bits per heavy atom. The molecule has 0 heterocycles. The molecule has 588 valence electrons. The third-order valence-electron chi connectivity index (χ3n) is 19.1. The van der Waals surface area contributed by atoms with Gasteiger partial charge in [0, 0.05) is 25.7 Å². The minimum Gasteiger partial charge on any atom is -0.462 e. The Kier molecular flexibility index (Phi) is 70.3. The summed E-state index contributed by atoms with van der Waals surface area (Å²) in [5, 5.41) is 10.6. The first-order valence-corrected chi connectivity index (χ1v) is 44.5. The molecule has 0 radical (unpaired) electrons. The lowest BCUT2D eigenvalue weighted by molar-refractivity contribution is -0.161. The smallest absolute Gasteiger partial charge is 0.462 e. The maximum atomic E-state index is 13.1. The Balaban J connectivity index is 5.23. The molecule has 0 aromatic carbocycles. The zero-order valence-electron chi connectivity index (χ0n) is 64.8. The second-order valence-corrected chi connectivity index (χ2v) is 32.4. The molecular weight excluding hydrogens is 1290 g/mol. The number of unbranched alkanes of at least 4 members (excludes halogenated alkanes) is 48. The molecule has 0 aliphatic carbocycles. The lowest BCUT2D eigenvalue weighted by Gasteiger charge is -2.21. The van der Waals surface area contributed by atoms with Gasteiger partial charge in [0.05, 0.1) is 26.4 Å². The standard InChI is InChI=1S/C80H156O17P2/c1-7-10-12-14-16-18-20-22-24-26-31-35-39-43-50-56-62-77(82)90-68-75(96-79(84)64-59-53-45-41-37-33-29-28-30-34-38-42-49-55-61-73(6)9-3)70-94-98(86,87)92-66-74(81)67-93-99(88,89)95-71-76(69-91-78(83)63-57-51-47-46-48-54-60-72(4)5)97-80(85)65-58-52-44-40-36-32-27-25-23-21-19-17-15-13-11-8-2/h72-76,81H,7-71H2,1-6H3,(H,86,87)(H,88,89)/t73?,74-,75-,76-/m1/s1. The number of phosphoric ester groups is 2. The lowest BCUT2D eigenvalue weighted by atomic mass is 9.99. The molecule has 0 aromatic rings. The summed E-state index contributed by atoms with van der Waals surface area (Å²) in [4.78, 5) is 73.0. The van der Waals surface area contributed by atoms with Crippen molar-refractivity contribution < 1.29 is 80.2 Å². The SMILES string of the molecule is CCCCCCCCCCCCCCCCCCC(=O)OC[C@H](COP(=O)(O)OC[C@@H](O)COP(=O)(O)OC[C@@H](COC(=O)CCCCCCCCC(C)C)OC(=O)CCCCCCCCCCCCCCCCCC)OC(=O)CCCCCCCCCCCCCCCCC(C)CC. The minimum atomic E-state index is -4.96. The van der Waals surface area contributed by atoms with Crippen LogP contribution in [0.4, 0.5) is 0 Å². The number of esters is 4. The summed E-state index contributed by atoms with van der Waals surface area (Å²) in [5.74, 6) is -0.585. The van der Waals surface area contributed by atoms with Crippen molar-refractivity contribution in [2.24, 2.45) is 11.8 Å². The Hall–Kier alpha value is -1.94. The van der Waals surface area contributed by atoms with Gasteiger partial charge in [-0.15, -0.1) is 0 Å². The number of carbonyl (C=O) groups is 4. The van der Waals surface area contributed by atoms with Crippen LogP contribution in [0.15, 0.2) is 0 Å². The predicted molar refractivity (Wildman–Crippen MR) is 405 cm³/mol. The zero-order valence-corrected chi connectivity index (χ0v) is 66.6. The van der Waals surface area contributed by atoms with Crippen molar-refractivity contribution in [2.75, 3.05) is 39.6 Å². The van der Waals surface area contributed by atoms with Crippen LogP contribution in [0.5, 0.6) is 0 Å². The van der Waals surface area contributed by atoms with Crippen LogP contribution in [0.25, 0.3) is 0 Å². The highest BCUT2D eigenvalue weighted by Gasteiger charge is 2.30. The fraction of sp³-hybridized carbons (Fsp3) is 0.950. The van der Waals surface area contributed by atoms with E-state index in [2.05, 4.69) is 41.5 Å². The summed E-state index contributed by atoms with van der Waals surface area (Å²) in [5.41, 5.74) is 0. The van der Waals surface area contributed by atoms with E-state index in [4.69, 9.17) is 37.0 Å². The first-order chi connectivity index (χ1) is 47.9. The fourth-order valence-electron chi connectivity index (χ4n) is 12.3. The van der Waals surface area contributed by atoms with Crippen molar-refractivity contribution in [2.45, 2.75) is 439 Å².